The Hall–Kier alpha value is -4.25. The number of hydrogen-bond donors (Lipinski definition) is 4. The van der Waals surface area contributed by atoms with Crippen molar-refractivity contribution in [3.8, 4) is 5.75 Å². The summed E-state index contributed by atoms with van der Waals surface area (Å²) >= 11 is 0. The molecule has 0 spiro atoms. The largest absolute Gasteiger partial charge is 0.497 e. The van der Waals surface area contributed by atoms with Gasteiger partial charge >= 0.3 is 0 Å². The second kappa shape index (κ2) is 12.9. The van der Waals surface area contributed by atoms with E-state index in [1.54, 1.807) is 57.6 Å². The fraction of sp³-hybridized carbons (Fsp3) is 0.469. The molecule has 1 saturated carbocycles. The number of carbonyl (C=O) groups excluding carboxylic acids is 4. The number of Topliss-reactive ketones (excluding diaryl/α,β-unsaturated/α-hetero) is 1. The molecule has 2 heterocycles. The molecule has 43 heavy (non-hydrogen) atoms. The molecule has 5 rings (SSSR count). The molecule has 2 aliphatic rings. The molecule has 4 N–H and O–H groups in total. The summed E-state index contributed by atoms with van der Waals surface area (Å²) in [4.78, 5) is 60.5. The minimum atomic E-state index is -0.992. The number of aromatic nitrogens is 2. The summed E-state index contributed by atoms with van der Waals surface area (Å²) in [5.41, 5.74) is 1.70. The van der Waals surface area contributed by atoms with Crippen molar-refractivity contribution >= 4 is 34.5 Å². The second-order valence-corrected chi connectivity index (χ2v) is 11.8. The first-order valence-electron chi connectivity index (χ1n) is 14.8. The summed E-state index contributed by atoms with van der Waals surface area (Å²) in [6, 6.07) is 9.57. The SMILES string of the molecule is COc1ccc(C[C@H](NC(=O)[C@@H](C)NC(=O)c2ccc3nc[nH]c3c2)C(=O)N[C@@H](CC2CCCC2)C(=O)[C@@]2(C)CO2)cc1. The van der Waals surface area contributed by atoms with Crippen LogP contribution in [0.4, 0.5) is 0 Å². The molecule has 1 aliphatic carbocycles. The summed E-state index contributed by atoms with van der Waals surface area (Å²) < 4.78 is 10.7. The zero-order chi connectivity index (χ0) is 30.6. The highest BCUT2D eigenvalue weighted by Crippen LogP contribution is 2.33. The first kappa shape index (κ1) is 30.2. The molecular formula is C32H39N5O6. The lowest BCUT2D eigenvalue weighted by Crippen LogP contribution is -2.57. The summed E-state index contributed by atoms with van der Waals surface area (Å²) in [5, 5.41) is 8.47. The fourth-order valence-electron chi connectivity index (χ4n) is 5.63. The Morgan fingerprint density at radius 1 is 1.02 bits per heavy atom. The van der Waals surface area contributed by atoms with Gasteiger partial charge in [0.15, 0.2) is 5.78 Å². The maximum atomic E-state index is 13.8. The Morgan fingerprint density at radius 2 is 1.72 bits per heavy atom. The summed E-state index contributed by atoms with van der Waals surface area (Å²) in [6.07, 6.45) is 6.53. The molecule has 0 bridgehead atoms. The van der Waals surface area contributed by atoms with Crippen LogP contribution in [0.2, 0.25) is 0 Å². The first-order valence-corrected chi connectivity index (χ1v) is 14.8. The molecule has 0 unspecified atom stereocenters. The highest BCUT2D eigenvalue weighted by atomic mass is 16.6. The predicted octanol–water partition coefficient (Wildman–Crippen LogP) is 2.84. The van der Waals surface area contributed by atoms with E-state index in [1.165, 1.54) is 0 Å². The highest BCUT2D eigenvalue weighted by molar-refractivity contribution is 6.01. The van der Waals surface area contributed by atoms with Gasteiger partial charge in [-0.25, -0.2) is 4.98 Å². The van der Waals surface area contributed by atoms with E-state index in [0.717, 1.165) is 36.8 Å². The molecule has 1 saturated heterocycles. The van der Waals surface area contributed by atoms with Gasteiger partial charge in [0.2, 0.25) is 11.8 Å². The number of rotatable bonds is 13. The van der Waals surface area contributed by atoms with Gasteiger partial charge in [-0.2, -0.15) is 0 Å². The summed E-state index contributed by atoms with van der Waals surface area (Å²) in [5.74, 6) is -0.554. The van der Waals surface area contributed by atoms with Gasteiger partial charge in [-0.3, -0.25) is 19.2 Å². The molecule has 1 aliphatic heterocycles. The van der Waals surface area contributed by atoms with Crippen LogP contribution < -0.4 is 20.7 Å². The molecule has 4 atom stereocenters. The van der Waals surface area contributed by atoms with Gasteiger partial charge < -0.3 is 30.4 Å². The van der Waals surface area contributed by atoms with Gasteiger partial charge in [0, 0.05) is 12.0 Å². The number of H-pyrrole nitrogens is 1. The molecule has 3 amide bonds. The van der Waals surface area contributed by atoms with Crippen molar-refractivity contribution in [2.45, 2.75) is 76.1 Å². The van der Waals surface area contributed by atoms with Crippen LogP contribution in [0, 0.1) is 5.92 Å². The summed E-state index contributed by atoms with van der Waals surface area (Å²) in [6.45, 7) is 3.63. The minimum Gasteiger partial charge on any atom is -0.497 e. The Kier molecular flexibility index (Phi) is 9.10. The van der Waals surface area contributed by atoms with Crippen LogP contribution in [0.5, 0.6) is 5.75 Å². The third-order valence-electron chi connectivity index (χ3n) is 8.43. The Morgan fingerprint density at radius 3 is 2.40 bits per heavy atom. The summed E-state index contributed by atoms with van der Waals surface area (Å²) in [7, 11) is 1.57. The number of aromatic amines is 1. The van der Waals surface area contributed by atoms with Crippen LogP contribution in [0.15, 0.2) is 48.8 Å². The number of epoxide rings is 1. The fourth-order valence-corrected chi connectivity index (χ4v) is 5.63. The molecule has 1 aromatic heterocycles. The standard InChI is InChI=1S/C32H39N5O6/c1-19(35-30(40)22-10-13-24-25(16-22)34-18-33-24)29(39)37-27(15-21-8-11-23(42-3)12-9-21)31(41)36-26(14-20-6-4-5-7-20)28(38)32(2)17-43-32/h8-13,16,18-20,26-27H,4-7,14-15,17H2,1-3H3,(H,33,34)(H,35,40)(H,36,41)(H,37,39)/t19-,26+,27+,32-/m1/s1. The van der Waals surface area contributed by atoms with Gasteiger partial charge in [-0.05, 0) is 62.1 Å². The van der Waals surface area contributed by atoms with E-state index in [1.807, 2.05) is 12.1 Å². The van der Waals surface area contributed by atoms with Crippen LogP contribution in [0.3, 0.4) is 0 Å². The highest BCUT2D eigenvalue weighted by Gasteiger charge is 2.50. The number of benzene rings is 2. The average molecular weight is 590 g/mol. The number of imidazole rings is 1. The Labute approximate surface area is 250 Å². The van der Waals surface area contributed by atoms with Crippen LogP contribution in [-0.4, -0.2) is 70.9 Å². The van der Waals surface area contributed by atoms with Gasteiger partial charge in [-0.15, -0.1) is 0 Å². The number of ketones is 1. The molecule has 11 heteroatoms. The van der Waals surface area contributed by atoms with Crippen LogP contribution in [0.25, 0.3) is 11.0 Å². The number of nitrogens with zero attached hydrogens (tertiary/aromatic N) is 1. The Bertz CT molecular complexity index is 1470. The number of ether oxygens (including phenoxy) is 2. The molecule has 0 radical (unpaired) electrons. The number of fused-ring (bicyclic) bond motifs is 1. The number of amides is 3. The van der Waals surface area contributed by atoms with E-state index in [2.05, 4.69) is 25.9 Å². The van der Waals surface area contributed by atoms with Crippen LogP contribution >= 0.6 is 0 Å². The lowest BCUT2D eigenvalue weighted by atomic mass is 9.90. The van der Waals surface area contributed by atoms with E-state index < -0.39 is 41.4 Å². The van der Waals surface area contributed by atoms with Crippen molar-refractivity contribution in [2.75, 3.05) is 13.7 Å². The zero-order valence-corrected chi connectivity index (χ0v) is 24.8. The number of carbonyl (C=O) groups is 4. The van der Waals surface area contributed by atoms with Crippen molar-refractivity contribution in [1.29, 1.82) is 0 Å². The third-order valence-corrected chi connectivity index (χ3v) is 8.43. The van der Waals surface area contributed by atoms with Crippen LogP contribution in [-0.2, 0) is 25.5 Å². The second-order valence-electron chi connectivity index (χ2n) is 11.8. The maximum Gasteiger partial charge on any atom is 0.251 e. The molecular weight excluding hydrogens is 550 g/mol. The van der Waals surface area contributed by atoms with Crippen molar-refractivity contribution in [3.05, 3.63) is 59.9 Å². The number of methoxy groups -OCH3 is 1. The third kappa shape index (κ3) is 7.40. The van der Waals surface area contributed by atoms with Crippen molar-refractivity contribution < 1.29 is 28.7 Å². The molecule has 2 aromatic carbocycles. The van der Waals surface area contributed by atoms with Crippen molar-refractivity contribution in [2.24, 2.45) is 5.92 Å². The van der Waals surface area contributed by atoms with Crippen molar-refractivity contribution in [1.82, 2.24) is 25.9 Å². The van der Waals surface area contributed by atoms with Gasteiger partial charge in [0.05, 0.1) is 37.1 Å². The van der Waals surface area contributed by atoms with Gasteiger partial charge in [-0.1, -0.05) is 37.8 Å². The van der Waals surface area contributed by atoms with Crippen LogP contribution in [0.1, 0.15) is 61.9 Å². The molecule has 2 fully saturated rings. The molecule has 228 valence electrons. The monoisotopic (exact) mass is 589 g/mol. The normalized spacial score (nSPS) is 20.2. The van der Waals surface area contributed by atoms with Crippen molar-refractivity contribution in [3.63, 3.8) is 0 Å². The first-order chi connectivity index (χ1) is 20.6. The average Bonchev–Trinajstić information content (AvgIpc) is 3.36. The number of hydrogen-bond acceptors (Lipinski definition) is 7. The minimum absolute atomic E-state index is 0.142. The quantitative estimate of drug-likeness (QED) is 0.224. The van der Waals surface area contributed by atoms with E-state index in [9.17, 15) is 19.2 Å². The van der Waals surface area contributed by atoms with E-state index >= 15 is 0 Å². The lowest BCUT2D eigenvalue weighted by Gasteiger charge is -2.26. The number of nitrogens with one attached hydrogen (secondary N) is 4. The molecule has 11 nitrogen and oxygen atoms in total. The predicted molar refractivity (Wildman–Crippen MR) is 160 cm³/mol. The Balaban J connectivity index is 1.29. The smallest absolute Gasteiger partial charge is 0.251 e. The zero-order valence-electron chi connectivity index (χ0n) is 24.8. The van der Waals surface area contributed by atoms with E-state index in [4.69, 9.17) is 9.47 Å². The van der Waals surface area contributed by atoms with Gasteiger partial charge in [0.1, 0.15) is 23.4 Å². The molecule has 3 aromatic rings. The van der Waals surface area contributed by atoms with E-state index in [0.29, 0.717) is 35.8 Å². The topological polar surface area (TPSA) is 155 Å². The van der Waals surface area contributed by atoms with E-state index in [-0.39, 0.29) is 12.2 Å². The van der Waals surface area contributed by atoms with Gasteiger partial charge in [0.25, 0.3) is 5.91 Å². The lowest BCUT2D eigenvalue weighted by molar-refractivity contribution is -0.133. The maximum absolute atomic E-state index is 13.8.